The molecule has 0 amide bonds. The molecule has 88 valence electrons. The minimum absolute atomic E-state index is 0.0963. The molecule has 16 heavy (non-hydrogen) atoms. The Bertz CT molecular complexity index is 397. The molecule has 0 saturated heterocycles. The van der Waals surface area contributed by atoms with Gasteiger partial charge in [0.05, 0.1) is 0 Å². The van der Waals surface area contributed by atoms with Crippen LogP contribution in [0.3, 0.4) is 0 Å². The Labute approximate surface area is 105 Å². The lowest BCUT2D eigenvalue weighted by Crippen LogP contribution is -2.20. The highest BCUT2D eigenvalue weighted by molar-refractivity contribution is 9.10. The Balaban J connectivity index is 3.36. The molecule has 0 bridgehead atoms. The highest BCUT2D eigenvalue weighted by Gasteiger charge is 2.26. The number of rotatable bonds is 4. The monoisotopic (exact) mass is 284 g/mol. The Morgan fingerprint density at radius 1 is 1.44 bits per heavy atom. The standard InChI is InChI=1S/C13H17BrO2/c1-4-9-7-10(14)8-11(16)12(9)13(2,3)5-6-15/h4,7-8,15-16H,1,5-6H2,2-3H3. The Kier molecular flexibility index (Phi) is 4.16. The number of hydrogen-bond acceptors (Lipinski definition) is 2. The van der Waals surface area contributed by atoms with Crippen LogP contribution in [0.4, 0.5) is 0 Å². The molecule has 3 heteroatoms. The molecule has 0 fully saturated rings. The number of aliphatic hydroxyl groups excluding tert-OH is 1. The fourth-order valence-electron chi connectivity index (χ4n) is 1.92. The number of phenolic OH excluding ortho intramolecular Hbond substituents is 1. The predicted molar refractivity (Wildman–Crippen MR) is 70.6 cm³/mol. The van der Waals surface area contributed by atoms with Crippen LogP contribution in [0.15, 0.2) is 23.2 Å². The third-order valence-electron chi connectivity index (χ3n) is 2.75. The molecular weight excluding hydrogens is 268 g/mol. The maximum Gasteiger partial charge on any atom is 0.121 e. The summed E-state index contributed by atoms with van der Waals surface area (Å²) in [7, 11) is 0. The Morgan fingerprint density at radius 3 is 2.56 bits per heavy atom. The van der Waals surface area contributed by atoms with Gasteiger partial charge in [-0.15, -0.1) is 0 Å². The average molecular weight is 285 g/mol. The summed E-state index contributed by atoms with van der Waals surface area (Å²) >= 11 is 3.34. The maximum atomic E-state index is 10.0. The van der Waals surface area contributed by atoms with Crippen LogP contribution in [0, 0.1) is 0 Å². The molecule has 0 radical (unpaired) electrons. The van der Waals surface area contributed by atoms with Crippen molar-refractivity contribution in [3.05, 3.63) is 34.3 Å². The Morgan fingerprint density at radius 2 is 2.06 bits per heavy atom. The van der Waals surface area contributed by atoms with Gasteiger partial charge in [-0.3, -0.25) is 0 Å². The summed E-state index contributed by atoms with van der Waals surface area (Å²) in [6.07, 6.45) is 2.32. The highest BCUT2D eigenvalue weighted by Crippen LogP contribution is 2.38. The quantitative estimate of drug-likeness (QED) is 0.889. The lowest BCUT2D eigenvalue weighted by atomic mass is 9.78. The average Bonchev–Trinajstić information content (AvgIpc) is 2.15. The first-order valence-corrected chi connectivity index (χ1v) is 5.98. The molecule has 0 aliphatic carbocycles. The minimum Gasteiger partial charge on any atom is -0.508 e. The van der Waals surface area contributed by atoms with Gasteiger partial charge >= 0.3 is 0 Å². The van der Waals surface area contributed by atoms with E-state index in [0.29, 0.717) is 6.42 Å². The number of aliphatic hydroxyl groups is 1. The number of halogens is 1. The number of benzene rings is 1. The van der Waals surface area contributed by atoms with Crippen LogP contribution in [0.2, 0.25) is 0 Å². The summed E-state index contributed by atoms with van der Waals surface area (Å²) in [4.78, 5) is 0. The summed E-state index contributed by atoms with van der Waals surface area (Å²) < 4.78 is 0.823. The molecule has 1 rings (SSSR count). The van der Waals surface area contributed by atoms with Gasteiger partial charge < -0.3 is 10.2 Å². The van der Waals surface area contributed by atoms with Crippen LogP contribution in [0.5, 0.6) is 5.75 Å². The number of hydrogen-bond donors (Lipinski definition) is 2. The minimum atomic E-state index is -0.275. The van der Waals surface area contributed by atoms with Gasteiger partial charge in [-0.1, -0.05) is 42.4 Å². The van der Waals surface area contributed by atoms with Crippen LogP contribution in [0.1, 0.15) is 31.4 Å². The molecule has 0 heterocycles. The van der Waals surface area contributed by atoms with E-state index in [1.165, 1.54) is 0 Å². The van der Waals surface area contributed by atoms with Crippen LogP contribution >= 0.6 is 15.9 Å². The van der Waals surface area contributed by atoms with Gasteiger partial charge in [-0.05, 0) is 29.5 Å². The van der Waals surface area contributed by atoms with E-state index in [1.807, 2.05) is 19.9 Å². The summed E-state index contributed by atoms with van der Waals surface area (Å²) in [6, 6.07) is 3.59. The number of phenols is 1. The second-order valence-electron chi connectivity index (χ2n) is 4.45. The van der Waals surface area contributed by atoms with Crippen LogP contribution in [-0.4, -0.2) is 16.8 Å². The van der Waals surface area contributed by atoms with Crippen molar-refractivity contribution in [2.24, 2.45) is 0 Å². The third kappa shape index (κ3) is 2.66. The molecule has 0 aliphatic heterocycles. The normalized spacial score (nSPS) is 11.5. The number of aromatic hydroxyl groups is 1. The summed E-state index contributed by atoms with van der Waals surface area (Å²) in [5, 5.41) is 19.1. The van der Waals surface area contributed by atoms with Gasteiger partial charge in [0.2, 0.25) is 0 Å². The van der Waals surface area contributed by atoms with Gasteiger partial charge in [0, 0.05) is 16.6 Å². The van der Waals surface area contributed by atoms with E-state index in [9.17, 15) is 5.11 Å². The molecule has 0 spiro atoms. The van der Waals surface area contributed by atoms with Crippen molar-refractivity contribution in [1.29, 1.82) is 0 Å². The second-order valence-corrected chi connectivity index (χ2v) is 5.37. The molecule has 0 saturated carbocycles. The topological polar surface area (TPSA) is 40.5 Å². The van der Waals surface area contributed by atoms with Crippen LogP contribution in [-0.2, 0) is 5.41 Å². The zero-order valence-electron chi connectivity index (χ0n) is 9.63. The summed E-state index contributed by atoms with van der Waals surface area (Å²) in [5.74, 6) is 0.239. The van der Waals surface area contributed by atoms with E-state index in [4.69, 9.17) is 5.11 Å². The molecule has 1 aromatic carbocycles. The van der Waals surface area contributed by atoms with Crippen molar-refractivity contribution in [2.75, 3.05) is 6.61 Å². The lowest BCUT2D eigenvalue weighted by molar-refractivity contribution is 0.250. The van der Waals surface area contributed by atoms with E-state index in [0.717, 1.165) is 15.6 Å². The molecule has 2 nitrogen and oxygen atoms in total. The largest absolute Gasteiger partial charge is 0.508 e. The second kappa shape index (κ2) is 5.02. The smallest absolute Gasteiger partial charge is 0.121 e. The first kappa shape index (κ1) is 13.3. The van der Waals surface area contributed by atoms with E-state index < -0.39 is 0 Å². The van der Waals surface area contributed by atoms with E-state index in [1.54, 1.807) is 12.1 Å². The molecular formula is C13H17BrO2. The first-order chi connectivity index (χ1) is 7.42. The summed E-state index contributed by atoms with van der Waals surface area (Å²) in [6.45, 7) is 7.85. The molecule has 1 aromatic rings. The van der Waals surface area contributed by atoms with Crippen LogP contribution < -0.4 is 0 Å². The van der Waals surface area contributed by atoms with Crippen molar-refractivity contribution >= 4 is 22.0 Å². The SMILES string of the molecule is C=Cc1cc(Br)cc(O)c1C(C)(C)CCO. The molecule has 2 N–H and O–H groups in total. The van der Waals surface area contributed by atoms with Gasteiger partial charge in [0.15, 0.2) is 0 Å². The fraction of sp³-hybridized carbons (Fsp3) is 0.385. The Hall–Kier alpha value is -0.800. The summed E-state index contributed by atoms with van der Waals surface area (Å²) in [5.41, 5.74) is 1.45. The maximum absolute atomic E-state index is 10.0. The van der Waals surface area contributed by atoms with Gasteiger partial charge in [-0.25, -0.2) is 0 Å². The lowest BCUT2D eigenvalue weighted by Gasteiger charge is -2.27. The first-order valence-electron chi connectivity index (χ1n) is 5.18. The van der Waals surface area contributed by atoms with Crippen molar-refractivity contribution in [2.45, 2.75) is 25.7 Å². The van der Waals surface area contributed by atoms with E-state index >= 15 is 0 Å². The molecule has 0 aromatic heterocycles. The van der Waals surface area contributed by atoms with Gasteiger partial charge in [0.25, 0.3) is 0 Å². The fourth-order valence-corrected chi connectivity index (χ4v) is 2.38. The van der Waals surface area contributed by atoms with Crippen molar-refractivity contribution < 1.29 is 10.2 Å². The van der Waals surface area contributed by atoms with Crippen molar-refractivity contribution in [3.63, 3.8) is 0 Å². The zero-order valence-corrected chi connectivity index (χ0v) is 11.2. The zero-order chi connectivity index (χ0) is 12.3. The van der Waals surface area contributed by atoms with Gasteiger partial charge in [-0.2, -0.15) is 0 Å². The third-order valence-corrected chi connectivity index (χ3v) is 3.20. The highest BCUT2D eigenvalue weighted by atomic mass is 79.9. The van der Waals surface area contributed by atoms with Crippen molar-refractivity contribution in [1.82, 2.24) is 0 Å². The molecule has 0 atom stereocenters. The van der Waals surface area contributed by atoms with E-state index in [-0.39, 0.29) is 17.8 Å². The van der Waals surface area contributed by atoms with Crippen LogP contribution in [0.25, 0.3) is 6.08 Å². The molecule has 0 aliphatic rings. The predicted octanol–water partition coefficient (Wildman–Crippen LogP) is 3.46. The molecule has 0 unspecified atom stereocenters. The van der Waals surface area contributed by atoms with Gasteiger partial charge in [0.1, 0.15) is 5.75 Å². The van der Waals surface area contributed by atoms with Crippen molar-refractivity contribution in [3.8, 4) is 5.75 Å². The van der Waals surface area contributed by atoms with E-state index in [2.05, 4.69) is 22.5 Å².